The Bertz CT molecular complexity index is 4220. The molecule has 0 bridgehead atoms. The number of hydrogen-bond donors (Lipinski definition) is 0. The number of hydrogen-bond acceptors (Lipinski definition) is 6. The van der Waals surface area contributed by atoms with Crippen LogP contribution in [0.25, 0.3) is 134 Å². The van der Waals surface area contributed by atoms with Gasteiger partial charge in [-0.05, 0) is 65.7 Å². The van der Waals surface area contributed by atoms with Crippen molar-refractivity contribution < 1.29 is 8.83 Å². The zero-order valence-electron chi connectivity index (χ0n) is 35.1. The van der Waals surface area contributed by atoms with Gasteiger partial charge in [0.2, 0.25) is 11.8 Å². The zero-order chi connectivity index (χ0) is 43.3. The van der Waals surface area contributed by atoms with Crippen LogP contribution >= 0.6 is 0 Å². The first-order chi connectivity index (χ1) is 32.7. The van der Waals surface area contributed by atoms with Gasteiger partial charge < -0.3 is 13.4 Å². The standard InChI is InChI=1S/C58H34N6O2/c1-3-14-35(15-4-1)36-26-28-37(29-27-36)55-60-56(46-21-13-22-47-54(46)66-57(59-47)38-16-5-2-6-17-38)62-58(61-55)64-49-24-11-8-19-41(49)45-33-32-44-40-18-7-10-23-48(40)63(52(44)53(45)64)39-30-31-43-42-20-9-12-25-50(42)65-51(43)34-39/h1-34H. The van der Waals surface area contributed by atoms with Gasteiger partial charge in [0, 0.05) is 49.5 Å². The van der Waals surface area contributed by atoms with Gasteiger partial charge in [-0.3, -0.25) is 4.57 Å². The third-order valence-electron chi connectivity index (χ3n) is 12.8. The lowest BCUT2D eigenvalue weighted by Crippen LogP contribution is -2.07. The SMILES string of the molecule is c1ccc(-c2ccc(-c3nc(-c4cccc5nc(-c6ccccc6)oc45)nc(-n4c5ccccc5c5ccc6c7ccccc7n(-c7ccc8c(c7)oc7ccccc78)c6c54)n3)cc2)cc1. The number of rotatable bonds is 6. The van der Waals surface area contributed by atoms with Crippen molar-refractivity contribution in [2.45, 2.75) is 0 Å². The molecule has 8 nitrogen and oxygen atoms in total. The fourth-order valence-corrected chi connectivity index (χ4v) is 9.82. The molecule has 5 heterocycles. The highest BCUT2D eigenvalue weighted by molar-refractivity contribution is 6.24. The van der Waals surface area contributed by atoms with Crippen molar-refractivity contribution in [3.05, 3.63) is 206 Å². The summed E-state index contributed by atoms with van der Waals surface area (Å²) in [5, 5.41) is 6.58. The molecule has 14 aromatic rings. The third-order valence-corrected chi connectivity index (χ3v) is 12.8. The van der Waals surface area contributed by atoms with Crippen molar-refractivity contribution in [2.75, 3.05) is 0 Å². The number of para-hydroxylation sites is 4. The van der Waals surface area contributed by atoms with Gasteiger partial charge in [0.05, 0.1) is 33.3 Å². The second-order valence-corrected chi connectivity index (χ2v) is 16.6. The molecule has 0 unspecified atom stereocenters. The van der Waals surface area contributed by atoms with Crippen LogP contribution in [-0.2, 0) is 0 Å². The number of furan rings is 1. The van der Waals surface area contributed by atoms with Crippen LogP contribution in [0.1, 0.15) is 0 Å². The fraction of sp³-hybridized carbons (Fsp3) is 0. The molecule has 0 fully saturated rings. The molecule has 0 aliphatic heterocycles. The molecular weight excluding hydrogens is 813 g/mol. The van der Waals surface area contributed by atoms with Crippen molar-refractivity contribution in [1.29, 1.82) is 0 Å². The second-order valence-electron chi connectivity index (χ2n) is 16.6. The van der Waals surface area contributed by atoms with Gasteiger partial charge in [-0.25, -0.2) is 9.97 Å². The Morgan fingerprint density at radius 3 is 1.68 bits per heavy atom. The summed E-state index contributed by atoms with van der Waals surface area (Å²) in [6, 6.07) is 71.0. The van der Waals surface area contributed by atoms with Crippen LogP contribution in [0.2, 0.25) is 0 Å². The Balaban J connectivity index is 1.07. The Morgan fingerprint density at radius 1 is 0.348 bits per heavy atom. The van der Waals surface area contributed by atoms with Gasteiger partial charge in [0.1, 0.15) is 16.7 Å². The smallest absolute Gasteiger partial charge is 0.238 e. The van der Waals surface area contributed by atoms with E-state index < -0.39 is 0 Å². The first-order valence-corrected chi connectivity index (χ1v) is 22.0. The summed E-state index contributed by atoms with van der Waals surface area (Å²) in [6.45, 7) is 0. The zero-order valence-corrected chi connectivity index (χ0v) is 35.1. The minimum absolute atomic E-state index is 0.470. The Kier molecular flexibility index (Phi) is 7.81. The van der Waals surface area contributed by atoms with E-state index in [-0.39, 0.29) is 0 Å². The lowest BCUT2D eigenvalue weighted by atomic mass is 10.0. The number of oxazole rings is 1. The van der Waals surface area contributed by atoms with Crippen LogP contribution in [0.5, 0.6) is 0 Å². The van der Waals surface area contributed by atoms with Crippen molar-refractivity contribution in [2.24, 2.45) is 0 Å². The summed E-state index contributed by atoms with van der Waals surface area (Å²) in [4.78, 5) is 21.0. The maximum atomic E-state index is 6.60. The van der Waals surface area contributed by atoms with Gasteiger partial charge in [0.25, 0.3) is 0 Å². The van der Waals surface area contributed by atoms with Gasteiger partial charge in [0.15, 0.2) is 17.2 Å². The lowest BCUT2D eigenvalue weighted by Gasteiger charge is -2.13. The molecule has 0 atom stereocenters. The monoisotopic (exact) mass is 846 g/mol. The van der Waals surface area contributed by atoms with E-state index in [1.807, 2.05) is 66.7 Å². The number of fused-ring (bicyclic) bond motifs is 11. The van der Waals surface area contributed by atoms with Crippen LogP contribution in [0.4, 0.5) is 0 Å². The summed E-state index contributed by atoms with van der Waals surface area (Å²) in [5.41, 5.74) is 12.7. The van der Waals surface area contributed by atoms with Gasteiger partial charge in [-0.2, -0.15) is 9.97 Å². The van der Waals surface area contributed by atoms with Gasteiger partial charge >= 0.3 is 0 Å². The molecule has 0 saturated carbocycles. The number of aromatic nitrogens is 6. The van der Waals surface area contributed by atoms with Crippen LogP contribution in [0.3, 0.4) is 0 Å². The van der Waals surface area contributed by atoms with Crippen LogP contribution in [0.15, 0.2) is 215 Å². The molecule has 9 aromatic carbocycles. The fourth-order valence-electron chi connectivity index (χ4n) is 9.82. The van der Waals surface area contributed by atoms with Crippen molar-refractivity contribution in [3.8, 4) is 57.0 Å². The van der Waals surface area contributed by atoms with Crippen LogP contribution in [-0.4, -0.2) is 29.1 Å². The molecular formula is C58H34N6O2. The quantitative estimate of drug-likeness (QED) is 0.166. The Morgan fingerprint density at radius 2 is 0.924 bits per heavy atom. The summed E-state index contributed by atoms with van der Waals surface area (Å²) < 4.78 is 17.7. The van der Waals surface area contributed by atoms with E-state index in [4.69, 9.17) is 28.8 Å². The molecule has 5 aromatic heterocycles. The number of benzene rings is 9. The molecule has 308 valence electrons. The molecule has 0 N–H and O–H groups in total. The summed E-state index contributed by atoms with van der Waals surface area (Å²) in [6.07, 6.45) is 0. The minimum Gasteiger partial charge on any atom is -0.456 e. The molecule has 0 amide bonds. The molecule has 0 saturated heterocycles. The Hall–Kier alpha value is -9.14. The van der Waals surface area contributed by atoms with Gasteiger partial charge in [-0.15, -0.1) is 0 Å². The van der Waals surface area contributed by atoms with Crippen LogP contribution < -0.4 is 0 Å². The first kappa shape index (κ1) is 36.4. The average Bonchev–Trinajstić information content (AvgIpc) is 4.16. The van der Waals surface area contributed by atoms with Gasteiger partial charge in [-0.1, -0.05) is 146 Å². The molecule has 0 radical (unpaired) electrons. The topological polar surface area (TPSA) is 87.7 Å². The maximum Gasteiger partial charge on any atom is 0.238 e. The summed E-state index contributed by atoms with van der Waals surface area (Å²) in [5.74, 6) is 2.01. The van der Waals surface area contributed by atoms with E-state index in [0.717, 1.165) is 93.5 Å². The molecule has 0 spiro atoms. The minimum atomic E-state index is 0.470. The third kappa shape index (κ3) is 5.52. The summed E-state index contributed by atoms with van der Waals surface area (Å²) in [7, 11) is 0. The normalized spacial score (nSPS) is 11.9. The molecule has 14 rings (SSSR count). The molecule has 8 heteroatoms. The lowest BCUT2D eigenvalue weighted by molar-refractivity contribution is 0.620. The van der Waals surface area contributed by atoms with Crippen molar-refractivity contribution in [3.63, 3.8) is 0 Å². The van der Waals surface area contributed by atoms with E-state index in [9.17, 15) is 0 Å². The Labute approximate surface area is 376 Å². The largest absolute Gasteiger partial charge is 0.456 e. The highest BCUT2D eigenvalue weighted by Gasteiger charge is 2.25. The average molecular weight is 847 g/mol. The second kappa shape index (κ2) is 14.2. The maximum absolute atomic E-state index is 6.60. The highest BCUT2D eigenvalue weighted by Crippen LogP contribution is 2.43. The number of nitrogens with zero attached hydrogens (tertiary/aromatic N) is 6. The summed E-state index contributed by atoms with van der Waals surface area (Å²) >= 11 is 0. The van der Waals surface area contributed by atoms with E-state index in [0.29, 0.717) is 40.2 Å². The molecule has 0 aliphatic carbocycles. The van der Waals surface area contributed by atoms with Crippen LogP contribution in [0, 0.1) is 0 Å². The first-order valence-electron chi connectivity index (χ1n) is 22.0. The van der Waals surface area contributed by atoms with Crippen molar-refractivity contribution in [1.82, 2.24) is 29.1 Å². The van der Waals surface area contributed by atoms with E-state index in [2.05, 4.69) is 149 Å². The van der Waals surface area contributed by atoms with E-state index in [1.54, 1.807) is 0 Å². The predicted molar refractivity (Wildman–Crippen MR) is 265 cm³/mol. The predicted octanol–water partition coefficient (Wildman–Crippen LogP) is 14.8. The van der Waals surface area contributed by atoms with E-state index >= 15 is 0 Å². The van der Waals surface area contributed by atoms with E-state index in [1.165, 1.54) is 0 Å². The highest BCUT2D eigenvalue weighted by atomic mass is 16.3. The van der Waals surface area contributed by atoms with Crippen molar-refractivity contribution >= 4 is 76.6 Å². The molecule has 66 heavy (non-hydrogen) atoms. The molecule has 0 aliphatic rings.